The Morgan fingerprint density at radius 3 is 2.78 bits per heavy atom. The monoisotopic (exact) mass is 338 g/mol. The van der Waals surface area contributed by atoms with E-state index in [1.807, 2.05) is 13.1 Å². The predicted molar refractivity (Wildman–Crippen MR) is 93.7 cm³/mol. The van der Waals surface area contributed by atoms with Crippen molar-refractivity contribution in [3.8, 4) is 0 Å². The second-order valence-corrected chi connectivity index (χ2v) is 6.54. The number of fused-ring (bicyclic) bond motifs is 1. The van der Waals surface area contributed by atoms with E-state index in [4.69, 9.17) is 16.3 Å². The van der Waals surface area contributed by atoms with E-state index in [-0.39, 0.29) is 5.92 Å². The number of hydrogen-bond donors (Lipinski definition) is 1. The molecule has 1 aliphatic heterocycles. The highest BCUT2D eigenvalue weighted by atomic mass is 35.5. The topological polar surface area (TPSA) is 41.6 Å². The lowest BCUT2D eigenvalue weighted by atomic mass is 9.90. The van der Waals surface area contributed by atoms with E-state index in [0.717, 1.165) is 43.8 Å². The van der Waals surface area contributed by atoms with Crippen molar-refractivity contribution < 1.29 is 9.53 Å². The van der Waals surface area contributed by atoms with Crippen LogP contribution in [0.3, 0.4) is 0 Å². The van der Waals surface area contributed by atoms with Gasteiger partial charge in [0.2, 0.25) is 0 Å². The molecule has 0 bridgehead atoms. The van der Waals surface area contributed by atoms with E-state index in [9.17, 15) is 4.79 Å². The molecule has 2 rings (SSSR count). The van der Waals surface area contributed by atoms with E-state index in [1.54, 1.807) is 7.11 Å². The summed E-state index contributed by atoms with van der Waals surface area (Å²) in [5, 5.41) is 2.89. The zero-order chi connectivity index (χ0) is 16.7. The average Bonchev–Trinajstić information content (AvgIpc) is 2.58. The molecule has 0 aromatic heterocycles. The minimum absolute atomic E-state index is 0.0790. The smallest absolute Gasteiger partial charge is 0.137 e. The van der Waals surface area contributed by atoms with Crippen LogP contribution >= 0.6 is 11.6 Å². The number of halogens is 1. The highest BCUT2D eigenvalue weighted by molar-refractivity contribution is 6.30. The lowest BCUT2D eigenvalue weighted by molar-refractivity contribution is -0.124. The Morgan fingerprint density at radius 2 is 2.04 bits per heavy atom. The number of carbonyl (C=O) groups excluding carboxylic acids is 1. The van der Waals surface area contributed by atoms with Gasteiger partial charge >= 0.3 is 0 Å². The quantitative estimate of drug-likeness (QED) is 0.916. The molecule has 1 aromatic rings. The van der Waals surface area contributed by atoms with Crippen molar-refractivity contribution in [3.63, 3.8) is 0 Å². The zero-order valence-electron chi connectivity index (χ0n) is 14.1. The Labute approximate surface area is 144 Å². The zero-order valence-corrected chi connectivity index (χ0v) is 14.9. The molecule has 1 heterocycles. The molecule has 0 spiro atoms. The number of aryl methyl sites for hydroxylation is 1. The largest absolute Gasteiger partial charge is 0.385 e. The maximum Gasteiger partial charge on any atom is 0.137 e. The molecule has 1 unspecified atom stereocenters. The summed E-state index contributed by atoms with van der Waals surface area (Å²) in [7, 11) is 3.60. The summed E-state index contributed by atoms with van der Waals surface area (Å²) in [6, 6.07) is 6.12. The highest BCUT2D eigenvalue weighted by Gasteiger charge is 2.21. The highest BCUT2D eigenvalue weighted by Crippen LogP contribution is 2.23. The van der Waals surface area contributed by atoms with Crippen LogP contribution in [0.15, 0.2) is 18.2 Å². The predicted octanol–water partition coefficient (Wildman–Crippen LogP) is 2.88. The number of nitrogens with zero attached hydrogens (tertiary/aromatic N) is 1. The Balaban J connectivity index is 2.20. The molecule has 1 aromatic carbocycles. The molecule has 1 N–H and O–H groups in total. The molecule has 4 nitrogen and oxygen atoms in total. The number of hydrogen-bond acceptors (Lipinski definition) is 4. The normalized spacial score (nSPS) is 20.8. The third-order valence-corrected chi connectivity index (χ3v) is 4.89. The molecule has 5 heteroatoms. The molecule has 0 radical (unpaired) electrons. The first kappa shape index (κ1) is 18.4. The number of ketones is 1. The first-order valence-corrected chi connectivity index (χ1v) is 8.73. The van der Waals surface area contributed by atoms with Gasteiger partial charge in [0.1, 0.15) is 5.78 Å². The van der Waals surface area contributed by atoms with Gasteiger partial charge in [-0.15, -0.1) is 0 Å². The van der Waals surface area contributed by atoms with Crippen molar-refractivity contribution in [2.75, 3.05) is 33.9 Å². The molecule has 0 amide bonds. The first-order valence-electron chi connectivity index (χ1n) is 8.35. The maximum atomic E-state index is 12.5. The fraction of sp³-hybridized carbons (Fsp3) is 0.611. The number of ether oxygens (including phenoxy) is 1. The van der Waals surface area contributed by atoms with Gasteiger partial charge in [0, 0.05) is 44.2 Å². The van der Waals surface area contributed by atoms with Crippen molar-refractivity contribution in [1.29, 1.82) is 0 Å². The van der Waals surface area contributed by atoms with E-state index >= 15 is 0 Å². The van der Waals surface area contributed by atoms with Crippen molar-refractivity contribution in [2.24, 2.45) is 5.92 Å². The number of rotatable bonds is 4. The number of carbonyl (C=O) groups is 1. The van der Waals surface area contributed by atoms with Crippen molar-refractivity contribution in [3.05, 3.63) is 34.3 Å². The van der Waals surface area contributed by atoms with Crippen molar-refractivity contribution in [1.82, 2.24) is 10.4 Å². The van der Waals surface area contributed by atoms with Crippen LogP contribution in [0.25, 0.3) is 0 Å². The number of methoxy groups -OCH3 is 1. The number of hydrazine groups is 1. The second kappa shape index (κ2) is 9.38. The van der Waals surface area contributed by atoms with Gasteiger partial charge in [0.15, 0.2) is 0 Å². The van der Waals surface area contributed by atoms with Crippen LogP contribution in [-0.2, 0) is 22.4 Å². The standard InChI is InChI=1S/C18H27ClN2O2/c1-20-21-10-7-16-13-17(19)6-5-14(16)3-4-15(9-12-23-2)18(22)8-11-21/h5-6,13,15,20H,3-4,7-12H2,1-2H3. The Bertz CT molecular complexity index is 522. The third-order valence-electron chi connectivity index (χ3n) is 4.65. The first-order chi connectivity index (χ1) is 11.1. The summed E-state index contributed by atoms with van der Waals surface area (Å²) in [5.41, 5.74) is 5.79. The lowest BCUT2D eigenvalue weighted by Crippen LogP contribution is -2.38. The molecule has 1 aliphatic rings. The minimum Gasteiger partial charge on any atom is -0.385 e. The second-order valence-electron chi connectivity index (χ2n) is 6.11. The van der Waals surface area contributed by atoms with E-state index in [2.05, 4.69) is 22.6 Å². The molecule has 23 heavy (non-hydrogen) atoms. The molecular weight excluding hydrogens is 312 g/mol. The molecule has 0 aliphatic carbocycles. The number of nitrogens with one attached hydrogen (secondary N) is 1. The summed E-state index contributed by atoms with van der Waals surface area (Å²) in [5.74, 6) is 0.426. The summed E-state index contributed by atoms with van der Waals surface area (Å²) >= 11 is 6.17. The minimum atomic E-state index is 0.0790. The van der Waals surface area contributed by atoms with Gasteiger partial charge in [-0.05, 0) is 56.0 Å². The van der Waals surface area contributed by atoms with Crippen molar-refractivity contribution in [2.45, 2.75) is 32.1 Å². The molecule has 0 saturated carbocycles. The van der Waals surface area contributed by atoms with E-state index in [0.29, 0.717) is 18.8 Å². The van der Waals surface area contributed by atoms with Crippen LogP contribution in [0, 0.1) is 5.92 Å². The number of benzene rings is 1. The summed E-state index contributed by atoms with van der Waals surface area (Å²) in [6.45, 7) is 2.26. The summed E-state index contributed by atoms with van der Waals surface area (Å²) in [6.07, 6.45) is 4.14. The SMILES string of the molecule is CNN1CCC(=O)C(CCOC)CCc2ccc(Cl)cc2CC1. The Hall–Kier alpha value is -0.940. The molecule has 0 fully saturated rings. The maximum absolute atomic E-state index is 12.5. The lowest BCUT2D eigenvalue weighted by Gasteiger charge is -2.21. The van der Waals surface area contributed by atoms with Gasteiger partial charge < -0.3 is 4.74 Å². The molecular formula is C18H27ClN2O2. The Morgan fingerprint density at radius 1 is 1.26 bits per heavy atom. The van der Waals surface area contributed by atoms with Gasteiger partial charge in [0.25, 0.3) is 0 Å². The van der Waals surface area contributed by atoms with E-state index < -0.39 is 0 Å². The van der Waals surface area contributed by atoms with Gasteiger partial charge in [-0.25, -0.2) is 5.01 Å². The van der Waals surface area contributed by atoms with Gasteiger partial charge in [-0.1, -0.05) is 17.7 Å². The van der Waals surface area contributed by atoms with Crippen molar-refractivity contribution >= 4 is 17.4 Å². The van der Waals surface area contributed by atoms with Crippen LogP contribution in [-0.4, -0.2) is 44.6 Å². The van der Waals surface area contributed by atoms with Gasteiger partial charge in [-0.2, -0.15) is 0 Å². The molecule has 128 valence electrons. The fourth-order valence-corrected chi connectivity index (χ4v) is 3.36. The van der Waals surface area contributed by atoms with Crippen LogP contribution < -0.4 is 5.43 Å². The summed E-state index contributed by atoms with van der Waals surface area (Å²) in [4.78, 5) is 12.5. The number of Topliss-reactive ketones (excluding diaryl/α,β-unsaturated/α-hetero) is 1. The average molecular weight is 339 g/mol. The summed E-state index contributed by atoms with van der Waals surface area (Å²) < 4.78 is 5.18. The van der Waals surface area contributed by atoms with Crippen LogP contribution in [0.1, 0.15) is 30.4 Å². The van der Waals surface area contributed by atoms with Crippen LogP contribution in [0.4, 0.5) is 0 Å². The van der Waals surface area contributed by atoms with Crippen LogP contribution in [0.2, 0.25) is 5.02 Å². The third kappa shape index (κ3) is 5.57. The molecule has 0 saturated heterocycles. The Kier molecular flexibility index (Phi) is 7.50. The van der Waals surface area contributed by atoms with Gasteiger partial charge in [-0.3, -0.25) is 10.2 Å². The van der Waals surface area contributed by atoms with Gasteiger partial charge in [0.05, 0.1) is 0 Å². The van der Waals surface area contributed by atoms with E-state index in [1.165, 1.54) is 11.1 Å². The fourth-order valence-electron chi connectivity index (χ4n) is 3.17. The molecule has 1 atom stereocenters. The van der Waals surface area contributed by atoms with Crippen LogP contribution in [0.5, 0.6) is 0 Å².